The molecule has 96 valence electrons. The molecular weight excluding hydrogens is 234 g/mol. The van der Waals surface area contributed by atoms with Gasteiger partial charge in [-0.1, -0.05) is 43.3 Å². The minimum absolute atomic E-state index is 0.320. The number of allylic oxidation sites excluding steroid dienone is 2. The Morgan fingerprint density at radius 1 is 1.26 bits per heavy atom. The minimum Gasteiger partial charge on any atom is -0.346 e. The van der Waals surface area contributed by atoms with Gasteiger partial charge in [0.15, 0.2) is 0 Å². The maximum Gasteiger partial charge on any atom is 0.148 e. The van der Waals surface area contributed by atoms with Gasteiger partial charge in [0.05, 0.1) is 12.3 Å². The molecule has 0 aliphatic carbocycles. The minimum atomic E-state index is 0.320. The molecule has 3 nitrogen and oxygen atoms in total. The van der Waals surface area contributed by atoms with Gasteiger partial charge in [0, 0.05) is 12.1 Å². The average Bonchev–Trinajstić information content (AvgIpc) is 2.90. The molecule has 3 rings (SSSR count). The highest BCUT2D eigenvalue weighted by atomic mass is 15.0. The van der Waals surface area contributed by atoms with Crippen LogP contribution in [-0.2, 0) is 6.54 Å². The van der Waals surface area contributed by atoms with E-state index in [4.69, 9.17) is 0 Å². The number of aliphatic imine (C=N–C) groups is 2. The molecular formula is C16H17N3. The van der Waals surface area contributed by atoms with Gasteiger partial charge in [-0.2, -0.15) is 0 Å². The Hall–Kier alpha value is -2.16. The van der Waals surface area contributed by atoms with Gasteiger partial charge in [-0.3, -0.25) is 9.98 Å². The maximum absolute atomic E-state index is 4.66. The van der Waals surface area contributed by atoms with Crippen LogP contribution >= 0.6 is 0 Å². The number of fused-ring (bicyclic) bond motifs is 1. The Balaban J connectivity index is 1.78. The normalized spacial score (nSPS) is 22.8. The summed E-state index contributed by atoms with van der Waals surface area (Å²) in [4.78, 5) is 9.17. The van der Waals surface area contributed by atoms with E-state index in [1.165, 1.54) is 11.1 Å². The summed E-state index contributed by atoms with van der Waals surface area (Å²) in [6.07, 6.45) is 7.15. The van der Waals surface area contributed by atoms with E-state index < -0.39 is 0 Å². The highest BCUT2D eigenvalue weighted by molar-refractivity contribution is 6.44. The zero-order valence-electron chi connectivity index (χ0n) is 11.0. The number of nitrogens with one attached hydrogen (secondary N) is 1. The summed E-state index contributed by atoms with van der Waals surface area (Å²) in [5, 5.41) is 3.21. The third kappa shape index (κ3) is 2.36. The van der Waals surface area contributed by atoms with Gasteiger partial charge in [-0.15, -0.1) is 0 Å². The lowest BCUT2D eigenvalue weighted by Crippen LogP contribution is -2.35. The molecule has 0 radical (unpaired) electrons. The molecule has 1 unspecified atom stereocenters. The SMILES string of the molecule is CCC1=CN=C2C(=NCc3ccccc3)NC=CC12. The van der Waals surface area contributed by atoms with Crippen molar-refractivity contribution in [1.29, 1.82) is 0 Å². The van der Waals surface area contributed by atoms with Crippen molar-refractivity contribution in [2.75, 3.05) is 0 Å². The lowest BCUT2D eigenvalue weighted by Gasteiger charge is -2.19. The predicted molar refractivity (Wildman–Crippen MR) is 79.2 cm³/mol. The predicted octanol–water partition coefficient (Wildman–Crippen LogP) is 3.07. The van der Waals surface area contributed by atoms with E-state index in [1.54, 1.807) is 0 Å². The molecule has 2 aliphatic rings. The van der Waals surface area contributed by atoms with Crippen molar-refractivity contribution < 1.29 is 0 Å². The zero-order valence-corrected chi connectivity index (χ0v) is 11.0. The largest absolute Gasteiger partial charge is 0.346 e. The van der Waals surface area contributed by atoms with Crippen LogP contribution in [0.2, 0.25) is 0 Å². The van der Waals surface area contributed by atoms with Crippen molar-refractivity contribution in [3.05, 3.63) is 59.9 Å². The average molecular weight is 251 g/mol. The maximum atomic E-state index is 4.66. The Morgan fingerprint density at radius 3 is 2.89 bits per heavy atom. The first kappa shape index (κ1) is 11.9. The Kier molecular flexibility index (Phi) is 3.27. The van der Waals surface area contributed by atoms with Crippen molar-refractivity contribution in [2.24, 2.45) is 15.9 Å². The molecule has 1 atom stereocenters. The van der Waals surface area contributed by atoms with Gasteiger partial charge in [-0.25, -0.2) is 0 Å². The van der Waals surface area contributed by atoms with Crippen LogP contribution in [0.15, 0.2) is 64.4 Å². The van der Waals surface area contributed by atoms with Crippen LogP contribution in [0.5, 0.6) is 0 Å². The van der Waals surface area contributed by atoms with E-state index in [-0.39, 0.29) is 0 Å². The van der Waals surface area contributed by atoms with Crippen molar-refractivity contribution in [2.45, 2.75) is 19.9 Å². The summed E-state index contributed by atoms with van der Waals surface area (Å²) >= 11 is 0. The van der Waals surface area contributed by atoms with Crippen molar-refractivity contribution >= 4 is 11.5 Å². The fourth-order valence-corrected chi connectivity index (χ4v) is 2.40. The third-order valence-electron chi connectivity index (χ3n) is 3.49. The van der Waals surface area contributed by atoms with E-state index in [0.29, 0.717) is 12.5 Å². The number of rotatable bonds is 3. The van der Waals surface area contributed by atoms with Crippen LogP contribution in [0, 0.1) is 5.92 Å². The summed E-state index contributed by atoms with van der Waals surface area (Å²) in [5.41, 5.74) is 3.63. The molecule has 1 N–H and O–H groups in total. The molecule has 0 saturated heterocycles. The standard InChI is InChI=1S/C16H17N3/c1-2-13-11-18-15-14(13)8-9-17-16(15)19-10-12-6-4-3-5-7-12/h3-9,11,14H,2,10H2,1H3,(H,17,19). The quantitative estimate of drug-likeness (QED) is 0.880. The van der Waals surface area contributed by atoms with Gasteiger partial charge in [0.25, 0.3) is 0 Å². The summed E-state index contributed by atoms with van der Waals surface area (Å²) in [6.45, 7) is 2.85. The molecule has 3 heteroatoms. The highest BCUT2D eigenvalue weighted by Gasteiger charge is 2.27. The lowest BCUT2D eigenvalue weighted by molar-refractivity contribution is 0.925. The molecule has 1 aromatic carbocycles. The Labute approximate surface area is 113 Å². The third-order valence-corrected chi connectivity index (χ3v) is 3.49. The van der Waals surface area contributed by atoms with Crippen molar-refractivity contribution in [3.63, 3.8) is 0 Å². The first-order chi connectivity index (χ1) is 9.38. The lowest BCUT2D eigenvalue weighted by atomic mass is 9.92. The zero-order chi connectivity index (χ0) is 13.1. The second-order valence-electron chi connectivity index (χ2n) is 4.70. The van der Waals surface area contributed by atoms with E-state index in [1.807, 2.05) is 30.6 Å². The summed E-state index contributed by atoms with van der Waals surface area (Å²) in [7, 11) is 0. The first-order valence-corrected chi connectivity index (χ1v) is 6.67. The van der Waals surface area contributed by atoms with E-state index in [9.17, 15) is 0 Å². The number of amidine groups is 1. The molecule has 1 aromatic rings. The molecule has 0 amide bonds. The molecule has 0 bridgehead atoms. The summed E-state index contributed by atoms with van der Waals surface area (Å²) in [5.74, 6) is 1.22. The van der Waals surface area contributed by atoms with Crippen LogP contribution in [0.25, 0.3) is 0 Å². The summed E-state index contributed by atoms with van der Waals surface area (Å²) < 4.78 is 0. The van der Waals surface area contributed by atoms with Crippen LogP contribution < -0.4 is 5.32 Å². The van der Waals surface area contributed by atoms with E-state index >= 15 is 0 Å². The fourth-order valence-electron chi connectivity index (χ4n) is 2.40. The van der Waals surface area contributed by atoms with Crippen molar-refractivity contribution in [3.8, 4) is 0 Å². The highest BCUT2D eigenvalue weighted by Crippen LogP contribution is 2.26. The van der Waals surface area contributed by atoms with Crippen LogP contribution in [0.4, 0.5) is 0 Å². The van der Waals surface area contributed by atoms with E-state index in [2.05, 4.69) is 40.4 Å². The van der Waals surface area contributed by atoms with Crippen molar-refractivity contribution in [1.82, 2.24) is 5.32 Å². The molecule has 0 aromatic heterocycles. The van der Waals surface area contributed by atoms with Gasteiger partial charge in [-0.05, 0) is 23.8 Å². The molecule has 0 spiro atoms. The first-order valence-electron chi connectivity index (χ1n) is 6.67. The van der Waals surface area contributed by atoms with Gasteiger partial charge in [0.2, 0.25) is 0 Å². The molecule has 0 fully saturated rings. The van der Waals surface area contributed by atoms with Gasteiger partial charge < -0.3 is 5.32 Å². The monoisotopic (exact) mass is 251 g/mol. The topological polar surface area (TPSA) is 36.8 Å². The smallest absolute Gasteiger partial charge is 0.148 e. The Morgan fingerprint density at radius 2 is 2.11 bits per heavy atom. The summed E-state index contributed by atoms with van der Waals surface area (Å²) in [6, 6.07) is 10.3. The molecule has 2 aliphatic heterocycles. The number of nitrogens with zero attached hydrogens (tertiary/aromatic N) is 2. The van der Waals surface area contributed by atoms with Gasteiger partial charge >= 0.3 is 0 Å². The molecule has 19 heavy (non-hydrogen) atoms. The second-order valence-corrected chi connectivity index (χ2v) is 4.70. The number of benzene rings is 1. The van der Waals surface area contributed by atoms with Crippen LogP contribution in [-0.4, -0.2) is 11.5 Å². The molecule has 2 heterocycles. The van der Waals surface area contributed by atoms with Crippen LogP contribution in [0.1, 0.15) is 18.9 Å². The van der Waals surface area contributed by atoms with Gasteiger partial charge in [0.1, 0.15) is 5.84 Å². The number of hydrogen-bond acceptors (Lipinski definition) is 2. The molecule has 0 saturated carbocycles. The number of hydrogen-bond donors (Lipinski definition) is 1. The fraction of sp³-hybridized carbons (Fsp3) is 0.250. The van der Waals surface area contributed by atoms with Crippen LogP contribution in [0.3, 0.4) is 0 Å². The Bertz CT molecular complexity index is 579. The van der Waals surface area contributed by atoms with E-state index in [0.717, 1.165) is 18.0 Å². The second kappa shape index (κ2) is 5.22.